The Bertz CT molecular complexity index is 237. The molecule has 2 rings (SSSR count). The molecule has 0 unspecified atom stereocenters. The van der Waals surface area contributed by atoms with Gasteiger partial charge in [0.25, 0.3) is 5.24 Å². The number of carbonyl (C=O) groups excluding carboxylic acids is 2. The van der Waals surface area contributed by atoms with Crippen molar-refractivity contribution in [1.82, 2.24) is 10.2 Å². The molecule has 0 spiro atoms. The highest BCUT2D eigenvalue weighted by atomic mass is 32.2. The summed E-state index contributed by atoms with van der Waals surface area (Å²) in [5.41, 5.74) is 0. The maximum absolute atomic E-state index is 11.3. The van der Waals surface area contributed by atoms with Gasteiger partial charge in [-0.25, -0.2) is 0 Å². The summed E-state index contributed by atoms with van der Waals surface area (Å²) in [5.74, 6) is 0.194. The fourth-order valence-electron chi connectivity index (χ4n) is 1.51. The summed E-state index contributed by atoms with van der Waals surface area (Å²) in [7, 11) is 0. The molecule has 78 valence electrons. The average molecular weight is 216 g/mol. The zero-order chi connectivity index (χ0) is 9.97. The van der Waals surface area contributed by atoms with Gasteiger partial charge in [-0.05, 0) is 0 Å². The molecule has 2 heterocycles. The Labute approximate surface area is 86.2 Å². The molecule has 2 saturated heterocycles. The number of amides is 2. The van der Waals surface area contributed by atoms with Crippen molar-refractivity contribution >= 4 is 22.9 Å². The second kappa shape index (κ2) is 4.29. The van der Waals surface area contributed by atoms with E-state index in [0.717, 1.165) is 18.3 Å². The molecule has 0 aliphatic carbocycles. The quantitative estimate of drug-likeness (QED) is 0.685. The van der Waals surface area contributed by atoms with E-state index in [1.807, 2.05) is 0 Å². The number of hydrogen-bond donors (Lipinski definition) is 1. The Kier molecular flexibility index (Phi) is 3.05. The number of nitrogens with one attached hydrogen (secondary N) is 1. The number of ether oxygens (including phenoxy) is 1. The molecule has 2 amide bonds. The highest BCUT2D eigenvalue weighted by molar-refractivity contribution is 8.14. The molecule has 0 aromatic heterocycles. The SMILES string of the molecule is O=C1CSC(=O)N1C[C@H]1COCCN1. The zero-order valence-corrected chi connectivity index (χ0v) is 8.51. The van der Waals surface area contributed by atoms with E-state index in [9.17, 15) is 9.59 Å². The lowest BCUT2D eigenvalue weighted by Gasteiger charge is -2.26. The summed E-state index contributed by atoms with van der Waals surface area (Å²) in [4.78, 5) is 23.8. The lowest BCUT2D eigenvalue weighted by molar-refractivity contribution is -0.125. The Morgan fingerprint density at radius 2 is 2.43 bits per heavy atom. The molecule has 14 heavy (non-hydrogen) atoms. The Balaban J connectivity index is 1.89. The van der Waals surface area contributed by atoms with Crippen LogP contribution in [0.4, 0.5) is 4.79 Å². The van der Waals surface area contributed by atoms with Gasteiger partial charge in [0.05, 0.1) is 19.0 Å². The van der Waals surface area contributed by atoms with Crippen molar-refractivity contribution in [1.29, 1.82) is 0 Å². The summed E-state index contributed by atoms with van der Waals surface area (Å²) >= 11 is 1.07. The largest absolute Gasteiger partial charge is 0.378 e. The van der Waals surface area contributed by atoms with Gasteiger partial charge in [-0.1, -0.05) is 11.8 Å². The number of nitrogens with zero attached hydrogens (tertiary/aromatic N) is 1. The van der Waals surface area contributed by atoms with Crippen molar-refractivity contribution in [2.24, 2.45) is 0 Å². The number of morpholine rings is 1. The third kappa shape index (κ3) is 2.08. The number of imide groups is 1. The topological polar surface area (TPSA) is 58.6 Å². The van der Waals surface area contributed by atoms with Crippen molar-refractivity contribution in [3.05, 3.63) is 0 Å². The predicted octanol–water partition coefficient (Wildman–Crippen LogP) is -0.330. The molecular formula is C8H12N2O3S. The van der Waals surface area contributed by atoms with Gasteiger partial charge in [-0.15, -0.1) is 0 Å². The molecule has 1 N–H and O–H groups in total. The minimum atomic E-state index is -0.137. The van der Waals surface area contributed by atoms with Crippen LogP contribution in [0.2, 0.25) is 0 Å². The minimum absolute atomic E-state index is 0.0904. The highest BCUT2D eigenvalue weighted by Gasteiger charge is 2.32. The summed E-state index contributed by atoms with van der Waals surface area (Å²) in [6.45, 7) is 2.49. The van der Waals surface area contributed by atoms with Crippen LogP contribution in [0.25, 0.3) is 0 Å². The van der Waals surface area contributed by atoms with Crippen LogP contribution in [-0.2, 0) is 9.53 Å². The average Bonchev–Trinajstić information content (AvgIpc) is 2.51. The second-order valence-corrected chi connectivity index (χ2v) is 4.21. The van der Waals surface area contributed by atoms with E-state index in [1.54, 1.807) is 0 Å². The van der Waals surface area contributed by atoms with Gasteiger partial charge < -0.3 is 10.1 Å². The van der Waals surface area contributed by atoms with E-state index in [4.69, 9.17) is 4.74 Å². The summed E-state index contributed by atoms with van der Waals surface area (Å²) in [6, 6.07) is 0.0929. The smallest absolute Gasteiger partial charge is 0.288 e. The van der Waals surface area contributed by atoms with E-state index < -0.39 is 0 Å². The first-order valence-corrected chi connectivity index (χ1v) is 5.54. The molecule has 5 nitrogen and oxygen atoms in total. The molecule has 2 aliphatic rings. The van der Waals surface area contributed by atoms with Crippen molar-refractivity contribution in [3.8, 4) is 0 Å². The summed E-state index contributed by atoms with van der Waals surface area (Å²) in [6.07, 6.45) is 0. The van der Waals surface area contributed by atoms with Gasteiger partial charge in [0.1, 0.15) is 0 Å². The third-order valence-electron chi connectivity index (χ3n) is 2.24. The first kappa shape index (κ1) is 9.95. The fraction of sp³-hybridized carbons (Fsp3) is 0.750. The van der Waals surface area contributed by atoms with Crippen LogP contribution < -0.4 is 5.32 Å². The van der Waals surface area contributed by atoms with E-state index in [2.05, 4.69) is 5.32 Å². The van der Waals surface area contributed by atoms with Crippen LogP contribution >= 0.6 is 11.8 Å². The Morgan fingerprint density at radius 3 is 3.00 bits per heavy atom. The van der Waals surface area contributed by atoms with E-state index in [1.165, 1.54) is 4.90 Å². The summed E-state index contributed by atoms with van der Waals surface area (Å²) in [5, 5.41) is 3.07. The van der Waals surface area contributed by atoms with E-state index >= 15 is 0 Å². The molecule has 0 aromatic rings. The fourth-order valence-corrected chi connectivity index (χ4v) is 2.25. The molecule has 2 aliphatic heterocycles. The molecule has 1 atom stereocenters. The number of rotatable bonds is 2. The lowest BCUT2D eigenvalue weighted by Crippen LogP contribution is -2.49. The Morgan fingerprint density at radius 1 is 1.57 bits per heavy atom. The van der Waals surface area contributed by atoms with Gasteiger partial charge in [0.15, 0.2) is 0 Å². The molecule has 6 heteroatoms. The van der Waals surface area contributed by atoms with Crippen LogP contribution in [0.3, 0.4) is 0 Å². The van der Waals surface area contributed by atoms with Crippen LogP contribution in [0.15, 0.2) is 0 Å². The maximum Gasteiger partial charge on any atom is 0.288 e. The molecule has 0 radical (unpaired) electrons. The molecule has 0 bridgehead atoms. The van der Waals surface area contributed by atoms with E-state index in [0.29, 0.717) is 19.8 Å². The van der Waals surface area contributed by atoms with Gasteiger partial charge >= 0.3 is 0 Å². The number of hydrogen-bond acceptors (Lipinski definition) is 5. The second-order valence-electron chi connectivity index (χ2n) is 3.28. The third-order valence-corrected chi connectivity index (χ3v) is 3.10. The normalized spacial score (nSPS) is 28.6. The van der Waals surface area contributed by atoms with Crippen molar-refractivity contribution < 1.29 is 14.3 Å². The first-order chi connectivity index (χ1) is 6.77. The lowest BCUT2D eigenvalue weighted by atomic mass is 10.2. The van der Waals surface area contributed by atoms with Crippen LogP contribution in [0, 0.1) is 0 Å². The van der Waals surface area contributed by atoms with Crippen molar-refractivity contribution in [3.63, 3.8) is 0 Å². The van der Waals surface area contributed by atoms with Gasteiger partial charge in [-0.2, -0.15) is 0 Å². The van der Waals surface area contributed by atoms with Crippen LogP contribution in [0.1, 0.15) is 0 Å². The monoisotopic (exact) mass is 216 g/mol. The van der Waals surface area contributed by atoms with Gasteiger partial charge in [-0.3, -0.25) is 14.5 Å². The maximum atomic E-state index is 11.3. The zero-order valence-electron chi connectivity index (χ0n) is 7.69. The van der Waals surface area contributed by atoms with Gasteiger partial charge in [0.2, 0.25) is 5.91 Å². The van der Waals surface area contributed by atoms with Crippen molar-refractivity contribution in [2.75, 3.05) is 32.1 Å². The summed E-state index contributed by atoms with van der Waals surface area (Å²) < 4.78 is 5.24. The van der Waals surface area contributed by atoms with Crippen LogP contribution in [-0.4, -0.2) is 54.1 Å². The Hall–Kier alpha value is -0.590. The molecular weight excluding hydrogens is 204 g/mol. The molecule has 0 saturated carbocycles. The number of thioether (sulfide) groups is 1. The standard InChI is InChI=1S/C8H12N2O3S/c11-7-5-14-8(12)10(7)3-6-4-13-2-1-9-6/h6,9H,1-5H2/t6-/m0/s1. The van der Waals surface area contributed by atoms with Gasteiger partial charge in [0, 0.05) is 19.1 Å². The number of carbonyl (C=O) groups is 2. The highest BCUT2D eigenvalue weighted by Crippen LogP contribution is 2.18. The molecule has 2 fully saturated rings. The predicted molar refractivity (Wildman–Crippen MR) is 52.2 cm³/mol. The van der Waals surface area contributed by atoms with E-state index in [-0.39, 0.29) is 22.9 Å². The van der Waals surface area contributed by atoms with Crippen LogP contribution in [0.5, 0.6) is 0 Å². The first-order valence-electron chi connectivity index (χ1n) is 4.55. The minimum Gasteiger partial charge on any atom is -0.378 e. The van der Waals surface area contributed by atoms with Crippen molar-refractivity contribution in [2.45, 2.75) is 6.04 Å². The molecule has 0 aromatic carbocycles.